The van der Waals surface area contributed by atoms with Crippen LogP contribution in [0.25, 0.3) is 11.1 Å². The smallest absolute Gasteiger partial charge is 0.337 e. The molecule has 1 saturated heterocycles. The van der Waals surface area contributed by atoms with Crippen molar-refractivity contribution in [1.82, 2.24) is 14.1 Å². The number of nitrogens with zero attached hydrogens (tertiary/aromatic N) is 3. The van der Waals surface area contributed by atoms with Gasteiger partial charge < -0.3 is 39.9 Å². The van der Waals surface area contributed by atoms with Crippen molar-refractivity contribution in [3.05, 3.63) is 81.4 Å². The molecule has 4 rings (SSSR count). The van der Waals surface area contributed by atoms with Crippen molar-refractivity contribution in [2.45, 2.75) is 31.1 Å². The van der Waals surface area contributed by atoms with E-state index in [0.717, 1.165) is 32.5 Å². The van der Waals surface area contributed by atoms with Crippen LogP contribution in [-0.4, -0.2) is 63.9 Å². The lowest BCUT2D eigenvalue weighted by atomic mass is 10.1. The maximum Gasteiger partial charge on any atom is 0.337 e. The quantitative estimate of drug-likeness (QED) is 0.150. The van der Waals surface area contributed by atoms with Crippen LogP contribution in [0.5, 0.6) is 0 Å². The Morgan fingerprint density at radius 2 is 1.81 bits per heavy atom. The van der Waals surface area contributed by atoms with Crippen molar-refractivity contribution in [3.8, 4) is 11.1 Å². The molecule has 0 radical (unpaired) electrons. The average molecular weight is 554 g/mol. The molecule has 3 aromatic rings. The minimum atomic E-state index is -2.87. The molecule has 0 spiro atoms. The Bertz CT molecular complexity index is 1350. The van der Waals surface area contributed by atoms with E-state index >= 15 is 0 Å². The summed E-state index contributed by atoms with van der Waals surface area (Å²) in [5.74, 6) is 0. The number of hydrogen-bond donors (Lipinski definition) is 6. The number of aromatic nitrogens is 3. The summed E-state index contributed by atoms with van der Waals surface area (Å²) in [5.41, 5.74) is 7.03. The molecule has 0 saturated carbocycles. The number of nitrogens with two attached hydrogens (primary N) is 1. The molecule has 5 unspecified atom stereocenters. The molecule has 1 aliphatic rings. The highest BCUT2D eigenvalue weighted by Crippen LogP contribution is 2.46. The topological polar surface area (TPSA) is 212 Å². The number of benzene rings is 1. The second-order valence-electron chi connectivity index (χ2n) is 8.01. The summed E-state index contributed by atoms with van der Waals surface area (Å²) < 4.78 is 16.6. The lowest BCUT2D eigenvalue weighted by Crippen LogP contribution is -2.43. The van der Waals surface area contributed by atoms with Crippen LogP contribution in [-0.2, 0) is 20.1 Å². The van der Waals surface area contributed by atoms with Gasteiger partial charge in [-0.3, -0.25) is 18.9 Å². The summed E-state index contributed by atoms with van der Waals surface area (Å²) >= 11 is 0. The van der Waals surface area contributed by atoms with Gasteiger partial charge in [0.2, 0.25) is 0 Å². The minimum Gasteiger partial charge on any atom is -0.399 e. The van der Waals surface area contributed by atoms with Gasteiger partial charge in [-0.15, -0.1) is 0 Å². The van der Waals surface area contributed by atoms with Gasteiger partial charge in [0.25, 0.3) is 5.56 Å². The fraction of sp³-hybridized carbons (Fsp3) is 0.286. The van der Waals surface area contributed by atoms with Crippen LogP contribution in [0.2, 0.25) is 0 Å². The van der Waals surface area contributed by atoms with Gasteiger partial charge in [-0.25, -0.2) is 9.11 Å². The number of pyridine rings is 1. The fourth-order valence-corrected chi connectivity index (χ4v) is 4.78. The maximum atomic E-state index is 13.2. The Balaban J connectivity index is 1.55. The molecule has 1 fully saturated rings. The van der Waals surface area contributed by atoms with Crippen molar-refractivity contribution in [3.63, 3.8) is 0 Å². The molecule has 37 heavy (non-hydrogen) atoms. The third kappa shape index (κ3) is 6.46. The predicted octanol–water partition coefficient (Wildman–Crippen LogP) is -0.214. The molecule has 7 N–H and O–H groups in total. The number of aliphatic hydroxyl groups excluding tert-OH is 2. The monoisotopic (exact) mass is 554 g/mol. The summed E-state index contributed by atoms with van der Waals surface area (Å²) in [4.78, 5) is 57.0. The van der Waals surface area contributed by atoms with Crippen LogP contribution >= 0.6 is 17.2 Å². The van der Waals surface area contributed by atoms with Crippen molar-refractivity contribution in [2.75, 3.05) is 12.3 Å². The molecule has 3 heterocycles. The van der Waals surface area contributed by atoms with Gasteiger partial charge in [-0.05, 0) is 35.4 Å². The number of ether oxygens (including phenoxy) is 1. The third-order valence-electron chi connectivity index (χ3n) is 5.56. The molecule has 1 aromatic carbocycles. The van der Waals surface area contributed by atoms with E-state index < -0.39 is 59.6 Å². The van der Waals surface area contributed by atoms with Crippen molar-refractivity contribution >= 4 is 22.9 Å². The predicted molar refractivity (Wildman–Crippen MR) is 132 cm³/mol. The first kappa shape index (κ1) is 27.4. The first-order valence-electron chi connectivity index (χ1n) is 10.8. The highest BCUT2D eigenvalue weighted by molar-refractivity contribution is 7.54. The standard InChI is InChI=1S/C21H24N4O10P2/c22-14-3-1-2-12(8-14)13-4-6-23-15(9-13)10-25-17(26)5-7-24(21(25)29)20-19(28)18(27)16(34-20)11-33-37(32)35-36(30)31/h1-9,16,18-20,27-28,30-32H,10-11,22H2. The Morgan fingerprint density at radius 3 is 2.54 bits per heavy atom. The van der Waals surface area contributed by atoms with E-state index in [0.29, 0.717) is 11.4 Å². The van der Waals surface area contributed by atoms with Gasteiger partial charge >= 0.3 is 22.9 Å². The van der Waals surface area contributed by atoms with E-state index in [-0.39, 0.29) is 6.54 Å². The van der Waals surface area contributed by atoms with Crippen LogP contribution in [0, 0.1) is 0 Å². The largest absolute Gasteiger partial charge is 0.399 e. The Labute approximate surface area is 211 Å². The molecule has 0 bridgehead atoms. The number of nitrogen functional groups attached to an aromatic ring is 1. The average Bonchev–Trinajstić information content (AvgIpc) is 3.13. The molecule has 2 aromatic heterocycles. The highest BCUT2D eigenvalue weighted by Gasteiger charge is 2.44. The van der Waals surface area contributed by atoms with Gasteiger partial charge in [0, 0.05) is 24.1 Å². The van der Waals surface area contributed by atoms with Crippen LogP contribution in [0.1, 0.15) is 11.9 Å². The number of anilines is 1. The molecule has 5 atom stereocenters. The van der Waals surface area contributed by atoms with Crippen molar-refractivity contribution in [1.29, 1.82) is 0 Å². The number of aliphatic hydroxyl groups is 2. The Kier molecular flexibility index (Phi) is 8.78. The highest BCUT2D eigenvalue weighted by atomic mass is 31.2. The van der Waals surface area contributed by atoms with Gasteiger partial charge in [-0.1, -0.05) is 12.1 Å². The van der Waals surface area contributed by atoms with E-state index in [4.69, 9.17) is 24.8 Å². The van der Waals surface area contributed by atoms with Gasteiger partial charge in [0.15, 0.2) is 6.23 Å². The number of rotatable bonds is 9. The van der Waals surface area contributed by atoms with Crippen LogP contribution in [0.3, 0.4) is 0 Å². The molecule has 0 amide bonds. The van der Waals surface area contributed by atoms with Crippen LogP contribution in [0.4, 0.5) is 5.69 Å². The second kappa shape index (κ2) is 11.8. The van der Waals surface area contributed by atoms with E-state index in [1.165, 1.54) is 0 Å². The van der Waals surface area contributed by atoms with E-state index in [2.05, 4.69) is 9.29 Å². The Hall–Kier alpha value is -2.61. The fourth-order valence-electron chi connectivity index (χ4n) is 3.82. The minimum absolute atomic E-state index is 0.177. The lowest BCUT2D eigenvalue weighted by molar-refractivity contribution is -0.0530. The number of hydrogen-bond acceptors (Lipinski definition) is 12. The first-order chi connectivity index (χ1) is 17.6. The molecule has 16 heteroatoms. The summed E-state index contributed by atoms with van der Waals surface area (Å²) in [7, 11) is -5.54. The summed E-state index contributed by atoms with van der Waals surface area (Å²) in [6.45, 7) is -0.667. The van der Waals surface area contributed by atoms with Crippen molar-refractivity contribution < 1.29 is 38.5 Å². The molecular weight excluding hydrogens is 530 g/mol. The van der Waals surface area contributed by atoms with Crippen LogP contribution < -0.4 is 17.0 Å². The zero-order valence-electron chi connectivity index (χ0n) is 19.0. The SMILES string of the molecule is Nc1cccc(-c2ccnc(Cn3c(=O)ccn(C4OC(COP(O)OP(O)O)C(O)C4O)c3=O)c2)c1. The van der Waals surface area contributed by atoms with E-state index in [1.54, 1.807) is 36.5 Å². The summed E-state index contributed by atoms with van der Waals surface area (Å²) in [6.07, 6.45) is -3.01. The van der Waals surface area contributed by atoms with E-state index in [9.17, 15) is 24.7 Å². The lowest BCUT2D eigenvalue weighted by Gasteiger charge is -2.19. The maximum absolute atomic E-state index is 13.2. The van der Waals surface area contributed by atoms with Gasteiger partial charge in [0.1, 0.15) is 18.3 Å². The summed E-state index contributed by atoms with van der Waals surface area (Å²) in [6, 6.07) is 11.8. The van der Waals surface area contributed by atoms with Gasteiger partial charge in [-0.2, -0.15) is 0 Å². The molecule has 0 aliphatic carbocycles. The van der Waals surface area contributed by atoms with Gasteiger partial charge in [0.05, 0.1) is 18.8 Å². The van der Waals surface area contributed by atoms with Crippen LogP contribution in [0.15, 0.2) is 64.4 Å². The normalized spacial score (nSPS) is 22.4. The molecule has 1 aliphatic heterocycles. The summed E-state index contributed by atoms with van der Waals surface area (Å²) in [5, 5.41) is 20.8. The zero-order valence-corrected chi connectivity index (χ0v) is 20.8. The second-order valence-corrected chi connectivity index (χ2v) is 9.90. The zero-order chi connectivity index (χ0) is 26.7. The Morgan fingerprint density at radius 1 is 1.05 bits per heavy atom. The molecule has 198 valence electrons. The van der Waals surface area contributed by atoms with E-state index in [1.807, 2.05) is 6.07 Å². The van der Waals surface area contributed by atoms with Crippen molar-refractivity contribution in [2.24, 2.45) is 0 Å². The molecular formula is C21H24N4O10P2. The third-order valence-corrected chi connectivity index (χ3v) is 7.07. The molecule has 14 nitrogen and oxygen atoms in total. The first-order valence-corrected chi connectivity index (χ1v) is 13.1.